The maximum atomic E-state index is 12.9. The molecule has 0 radical (unpaired) electrons. The van der Waals surface area contributed by atoms with E-state index in [1.165, 1.54) is 0 Å². The monoisotopic (exact) mass is 272 g/mol. The van der Waals surface area contributed by atoms with Crippen LogP contribution in [0, 0.1) is 0 Å². The van der Waals surface area contributed by atoms with Crippen LogP contribution in [0.25, 0.3) is 0 Å². The van der Waals surface area contributed by atoms with Crippen LogP contribution >= 0.6 is 0 Å². The van der Waals surface area contributed by atoms with Crippen molar-refractivity contribution in [3.8, 4) is 0 Å². The average molecular weight is 272 g/mol. The van der Waals surface area contributed by atoms with Crippen LogP contribution in [-0.4, -0.2) is 36.1 Å². The summed E-state index contributed by atoms with van der Waals surface area (Å²) in [6.45, 7) is 2.89. The fraction of sp³-hybridized carbons (Fsp3) is 0.667. The van der Waals surface area contributed by atoms with E-state index in [0.717, 1.165) is 32.0 Å². The van der Waals surface area contributed by atoms with Gasteiger partial charge in [-0.1, -0.05) is 0 Å². The van der Waals surface area contributed by atoms with Gasteiger partial charge in [-0.05, 0) is 12.8 Å². The van der Waals surface area contributed by atoms with Crippen molar-refractivity contribution in [3.05, 3.63) is 17.6 Å². The van der Waals surface area contributed by atoms with Gasteiger partial charge in [0.25, 0.3) is 0 Å². The summed E-state index contributed by atoms with van der Waals surface area (Å²) in [6, 6.07) is 1.07. The highest BCUT2D eigenvalue weighted by molar-refractivity contribution is 5.42. The largest absolute Gasteiger partial charge is 0.433 e. The number of nitrogens with one attached hydrogen (secondary N) is 1. The second-order valence-corrected chi connectivity index (χ2v) is 4.98. The molecule has 1 saturated heterocycles. The Balaban J connectivity index is 1.95. The van der Waals surface area contributed by atoms with Gasteiger partial charge in [-0.15, -0.1) is 0 Å². The summed E-state index contributed by atoms with van der Waals surface area (Å²) in [4.78, 5) is 9.89. The molecule has 0 atom stereocenters. The van der Waals surface area contributed by atoms with Crippen LogP contribution in [0.3, 0.4) is 0 Å². The molecule has 104 valence electrons. The van der Waals surface area contributed by atoms with E-state index in [2.05, 4.69) is 15.3 Å². The number of piperazine rings is 1. The van der Waals surface area contributed by atoms with E-state index in [1.807, 2.05) is 4.90 Å². The quantitative estimate of drug-likeness (QED) is 0.891. The molecule has 1 saturated carbocycles. The third-order valence-corrected chi connectivity index (χ3v) is 3.40. The van der Waals surface area contributed by atoms with Crippen LogP contribution in [0.2, 0.25) is 0 Å². The molecule has 7 heteroatoms. The molecule has 4 nitrogen and oxygen atoms in total. The molecule has 2 fully saturated rings. The van der Waals surface area contributed by atoms with Crippen molar-refractivity contribution >= 4 is 5.82 Å². The molecule has 1 N–H and O–H groups in total. The summed E-state index contributed by atoms with van der Waals surface area (Å²) >= 11 is 0. The molecule has 1 aromatic heterocycles. The lowest BCUT2D eigenvalue weighted by Crippen LogP contribution is -2.44. The Bertz CT molecular complexity index is 465. The molecule has 0 spiro atoms. The SMILES string of the molecule is FC(F)(F)c1cc(N2CCNCC2)nc(C2CC2)n1. The van der Waals surface area contributed by atoms with E-state index in [9.17, 15) is 13.2 Å². The molecular weight excluding hydrogens is 257 g/mol. The fourth-order valence-electron chi connectivity index (χ4n) is 2.18. The van der Waals surface area contributed by atoms with Crippen LogP contribution in [0.15, 0.2) is 6.07 Å². The zero-order chi connectivity index (χ0) is 13.5. The lowest BCUT2D eigenvalue weighted by molar-refractivity contribution is -0.141. The molecule has 0 aromatic carbocycles. The minimum atomic E-state index is -4.41. The van der Waals surface area contributed by atoms with Crippen LogP contribution in [-0.2, 0) is 6.18 Å². The number of rotatable bonds is 2. The first-order valence-electron chi connectivity index (χ1n) is 6.46. The van der Waals surface area contributed by atoms with Gasteiger partial charge in [0, 0.05) is 38.2 Å². The number of aromatic nitrogens is 2. The first kappa shape index (κ1) is 12.7. The number of nitrogens with zero attached hydrogens (tertiary/aromatic N) is 3. The van der Waals surface area contributed by atoms with Crippen molar-refractivity contribution in [1.82, 2.24) is 15.3 Å². The molecule has 2 heterocycles. The van der Waals surface area contributed by atoms with Gasteiger partial charge in [-0.2, -0.15) is 13.2 Å². The van der Waals surface area contributed by atoms with Gasteiger partial charge >= 0.3 is 6.18 Å². The standard InChI is InChI=1S/C12H15F3N4/c13-12(14,15)9-7-10(19-5-3-16-4-6-19)18-11(17-9)8-1-2-8/h7-8,16H,1-6H2. The molecular formula is C12H15F3N4. The zero-order valence-electron chi connectivity index (χ0n) is 10.4. The molecule has 0 unspecified atom stereocenters. The van der Waals surface area contributed by atoms with Gasteiger partial charge in [0.1, 0.15) is 17.3 Å². The van der Waals surface area contributed by atoms with Crippen molar-refractivity contribution < 1.29 is 13.2 Å². The maximum absolute atomic E-state index is 12.9. The number of halogens is 3. The molecule has 19 heavy (non-hydrogen) atoms. The van der Waals surface area contributed by atoms with E-state index in [0.29, 0.717) is 24.7 Å². The first-order chi connectivity index (χ1) is 9.04. The van der Waals surface area contributed by atoms with Gasteiger partial charge in [0.05, 0.1) is 0 Å². The second-order valence-electron chi connectivity index (χ2n) is 4.98. The highest BCUT2D eigenvalue weighted by Crippen LogP contribution is 2.40. The summed E-state index contributed by atoms with van der Waals surface area (Å²) in [5.74, 6) is 0.873. The molecule has 3 rings (SSSR count). The molecule has 2 aliphatic rings. The predicted octanol–water partition coefficient (Wildman–Crippen LogP) is 1.78. The van der Waals surface area contributed by atoms with Gasteiger partial charge in [0.15, 0.2) is 0 Å². The fourth-order valence-corrected chi connectivity index (χ4v) is 2.18. The van der Waals surface area contributed by atoms with Gasteiger partial charge in [-0.25, -0.2) is 9.97 Å². The van der Waals surface area contributed by atoms with Crippen molar-refractivity contribution in [2.75, 3.05) is 31.1 Å². The maximum Gasteiger partial charge on any atom is 0.433 e. The highest BCUT2D eigenvalue weighted by atomic mass is 19.4. The third kappa shape index (κ3) is 2.80. The lowest BCUT2D eigenvalue weighted by Gasteiger charge is -2.29. The van der Waals surface area contributed by atoms with Crippen molar-refractivity contribution in [2.45, 2.75) is 24.9 Å². The van der Waals surface area contributed by atoms with Crippen LogP contribution < -0.4 is 10.2 Å². The first-order valence-corrected chi connectivity index (χ1v) is 6.46. The molecule has 1 aromatic rings. The van der Waals surface area contributed by atoms with E-state index in [-0.39, 0.29) is 5.92 Å². The Labute approximate surface area is 109 Å². The van der Waals surface area contributed by atoms with Gasteiger partial charge in [-0.3, -0.25) is 0 Å². The van der Waals surface area contributed by atoms with Gasteiger partial charge in [0.2, 0.25) is 0 Å². The minimum Gasteiger partial charge on any atom is -0.354 e. The zero-order valence-corrected chi connectivity index (χ0v) is 10.4. The van der Waals surface area contributed by atoms with Crippen LogP contribution in [0.1, 0.15) is 30.3 Å². The van der Waals surface area contributed by atoms with Crippen molar-refractivity contribution in [2.24, 2.45) is 0 Å². The average Bonchev–Trinajstić information content (AvgIpc) is 3.22. The van der Waals surface area contributed by atoms with Crippen LogP contribution in [0.4, 0.5) is 19.0 Å². The Morgan fingerprint density at radius 2 is 1.84 bits per heavy atom. The summed E-state index contributed by atoms with van der Waals surface area (Å²) in [6.07, 6.45) is -2.63. The van der Waals surface area contributed by atoms with E-state index < -0.39 is 11.9 Å². The molecule has 0 bridgehead atoms. The highest BCUT2D eigenvalue weighted by Gasteiger charge is 2.36. The van der Waals surface area contributed by atoms with E-state index >= 15 is 0 Å². The van der Waals surface area contributed by atoms with Gasteiger partial charge < -0.3 is 10.2 Å². The number of hydrogen-bond donors (Lipinski definition) is 1. The summed E-state index contributed by atoms with van der Waals surface area (Å²) in [5.41, 5.74) is -0.821. The number of alkyl halides is 3. The van der Waals surface area contributed by atoms with E-state index in [1.54, 1.807) is 0 Å². The Morgan fingerprint density at radius 3 is 2.42 bits per heavy atom. The van der Waals surface area contributed by atoms with Crippen molar-refractivity contribution in [1.29, 1.82) is 0 Å². The smallest absolute Gasteiger partial charge is 0.354 e. The Kier molecular flexibility index (Phi) is 3.08. The molecule has 0 amide bonds. The lowest BCUT2D eigenvalue weighted by atomic mass is 10.3. The summed E-state index contributed by atoms with van der Waals surface area (Å²) in [7, 11) is 0. The Hall–Kier alpha value is -1.37. The topological polar surface area (TPSA) is 41.0 Å². The Morgan fingerprint density at radius 1 is 1.16 bits per heavy atom. The number of hydrogen-bond acceptors (Lipinski definition) is 4. The van der Waals surface area contributed by atoms with E-state index in [4.69, 9.17) is 0 Å². The second kappa shape index (κ2) is 4.63. The van der Waals surface area contributed by atoms with Crippen molar-refractivity contribution in [3.63, 3.8) is 0 Å². The van der Waals surface area contributed by atoms with Crippen LogP contribution in [0.5, 0.6) is 0 Å². The molecule has 1 aliphatic carbocycles. The molecule has 1 aliphatic heterocycles. The summed E-state index contributed by atoms with van der Waals surface area (Å²) in [5, 5.41) is 3.17. The third-order valence-electron chi connectivity index (χ3n) is 3.40. The summed E-state index contributed by atoms with van der Waals surface area (Å²) < 4.78 is 38.6. The predicted molar refractivity (Wildman–Crippen MR) is 64.1 cm³/mol. The normalized spacial score (nSPS) is 20.7. The number of anilines is 1. The minimum absolute atomic E-state index is 0.115.